The van der Waals surface area contributed by atoms with E-state index < -0.39 is 0 Å². The second-order valence-corrected chi connectivity index (χ2v) is 6.49. The van der Waals surface area contributed by atoms with Crippen molar-refractivity contribution < 1.29 is 5.11 Å². The van der Waals surface area contributed by atoms with Crippen LogP contribution in [0.25, 0.3) is 0 Å². The Labute approximate surface area is 136 Å². The van der Waals surface area contributed by atoms with Gasteiger partial charge in [0.2, 0.25) is 0 Å². The largest absolute Gasteiger partial charge is 0.507 e. The molecule has 0 amide bonds. The van der Waals surface area contributed by atoms with Crippen molar-refractivity contribution in [1.82, 2.24) is 0 Å². The van der Waals surface area contributed by atoms with Gasteiger partial charge in [-0.25, -0.2) is 0 Å². The summed E-state index contributed by atoms with van der Waals surface area (Å²) in [5, 5.41) is 9.51. The van der Waals surface area contributed by atoms with E-state index in [9.17, 15) is 5.11 Å². The van der Waals surface area contributed by atoms with Crippen LogP contribution in [0.3, 0.4) is 0 Å². The molecule has 0 atom stereocenters. The summed E-state index contributed by atoms with van der Waals surface area (Å²) in [6, 6.07) is 4.27. The predicted molar refractivity (Wildman–Crippen MR) is 97.2 cm³/mol. The minimum atomic E-state index is 0.438. The van der Waals surface area contributed by atoms with Crippen molar-refractivity contribution >= 4 is 0 Å². The molecule has 0 aliphatic carbocycles. The van der Waals surface area contributed by atoms with Crippen LogP contribution >= 0.6 is 0 Å². The minimum absolute atomic E-state index is 0.438. The van der Waals surface area contributed by atoms with Crippen molar-refractivity contribution in [2.24, 2.45) is 0 Å². The Morgan fingerprint density at radius 3 is 1.18 bits per heavy atom. The molecule has 2 aromatic rings. The Morgan fingerprint density at radius 1 is 0.455 bits per heavy atom. The van der Waals surface area contributed by atoms with Crippen molar-refractivity contribution in [2.45, 2.75) is 62.3 Å². The normalized spacial score (nSPS) is 10.2. The van der Waals surface area contributed by atoms with Crippen LogP contribution in [-0.2, 0) is 0 Å². The Bertz CT molecular complexity index is 580. The number of aromatic hydroxyl groups is 1. The molecule has 0 aliphatic rings. The van der Waals surface area contributed by atoms with Gasteiger partial charge in [-0.3, -0.25) is 0 Å². The van der Waals surface area contributed by atoms with E-state index in [1.54, 1.807) is 0 Å². The molecule has 0 unspecified atom stereocenters. The first kappa shape index (κ1) is 18.3. The first-order valence-electron chi connectivity index (χ1n) is 7.88. The minimum Gasteiger partial charge on any atom is -0.507 e. The van der Waals surface area contributed by atoms with Gasteiger partial charge in [-0.05, 0) is 112 Å². The van der Waals surface area contributed by atoms with E-state index in [2.05, 4.69) is 47.6 Å². The molecule has 1 N–H and O–H groups in total. The van der Waals surface area contributed by atoms with Gasteiger partial charge in [0.25, 0.3) is 0 Å². The Balaban J connectivity index is 0.000000220. The molecule has 1 nitrogen and oxygen atoms in total. The van der Waals surface area contributed by atoms with E-state index in [0.29, 0.717) is 5.75 Å². The second-order valence-electron chi connectivity index (χ2n) is 6.49. The van der Waals surface area contributed by atoms with E-state index in [0.717, 1.165) is 11.1 Å². The predicted octanol–water partition coefficient (Wildman–Crippen LogP) is 5.85. The van der Waals surface area contributed by atoms with Crippen LogP contribution in [0.1, 0.15) is 50.1 Å². The van der Waals surface area contributed by atoms with E-state index in [1.165, 1.54) is 38.9 Å². The van der Waals surface area contributed by atoms with Crippen LogP contribution in [0, 0.1) is 62.3 Å². The van der Waals surface area contributed by atoms with Gasteiger partial charge in [-0.15, -0.1) is 0 Å². The molecule has 2 rings (SSSR count). The third-order valence-corrected chi connectivity index (χ3v) is 5.06. The Kier molecular flexibility index (Phi) is 5.82. The molecule has 0 saturated heterocycles. The van der Waals surface area contributed by atoms with E-state index in [1.807, 2.05) is 26.8 Å². The highest BCUT2D eigenvalue weighted by atomic mass is 16.3. The number of benzene rings is 2. The molecule has 0 fully saturated rings. The van der Waals surface area contributed by atoms with E-state index in [4.69, 9.17) is 0 Å². The molecule has 120 valence electrons. The lowest BCUT2D eigenvalue weighted by molar-refractivity contribution is 0.466. The molecule has 2 aromatic carbocycles. The second kappa shape index (κ2) is 7.00. The van der Waals surface area contributed by atoms with Gasteiger partial charge in [-0.1, -0.05) is 12.1 Å². The first-order valence-corrected chi connectivity index (χ1v) is 7.88. The average Bonchev–Trinajstić information content (AvgIpc) is 2.47. The fraction of sp³-hybridized carbons (Fsp3) is 0.429. The van der Waals surface area contributed by atoms with Crippen LogP contribution in [0.5, 0.6) is 5.75 Å². The van der Waals surface area contributed by atoms with Gasteiger partial charge in [0, 0.05) is 0 Å². The molecule has 0 radical (unpaired) electrons. The van der Waals surface area contributed by atoms with Gasteiger partial charge in [-0.2, -0.15) is 0 Å². The van der Waals surface area contributed by atoms with Crippen LogP contribution in [0.2, 0.25) is 0 Å². The zero-order chi connectivity index (χ0) is 17.2. The lowest BCUT2D eigenvalue weighted by Crippen LogP contribution is -1.93. The van der Waals surface area contributed by atoms with E-state index in [-0.39, 0.29) is 0 Å². The first-order chi connectivity index (χ1) is 10.1. The summed E-state index contributed by atoms with van der Waals surface area (Å²) in [4.78, 5) is 0. The van der Waals surface area contributed by atoms with Crippen LogP contribution in [0.15, 0.2) is 12.1 Å². The maximum Gasteiger partial charge on any atom is 0.121 e. The van der Waals surface area contributed by atoms with Crippen LogP contribution in [0.4, 0.5) is 0 Å². The smallest absolute Gasteiger partial charge is 0.121 e. The Hall–Kier alpha value is -1.76. The van der Waals surface area contributed by atoms with Crippen molar-refractivity contribution in [3.8, 4) is 5.75 Å². The summed E-state index contributed by atoms with van der Waals surface area (Å²) >= 11 is 0. The summed E-state index contributed by atoms with van der Waals surface area (Å²) in [7, 11) is 0. The molecule has 0 saturated carbocycles. The van der Waals surface area contributed by atoms with E-state index >= 15 is 0 Å². The van der Waals surface area contributed by atoms with Crippen molar-refractivity contribution in [1.29, 1.82) is 0 Å². The molecular weight excluding hydrogens is 268 g/mol. The van der Waals surface area contributed by atoms with Crippen molar-refractivity contribution in [3.05, 3.63) is 62.2 Å². The third-order valence-electron chi connectivity index (χ3n) is 5.06. The summed E-state index contributed by atoms with van der Waals surface area (Å²) in [5.74, 6) is 0.438. The highest BCUT2D eigenvalue weighted by Gasteiger charge is 2.05. The lowest BCUT2D eigenvalue weighted by atomic mass is 9.96. The zero-order valence-corrected chi connectivity index (χ0v) is 15.6. The van der Waals surface area contributed by atoms with Gasteiger partial charge in [0.1, 0.15) is 5.75 Å². The number of hydrogen-bond donors (Lipinski definition) is 1. The van der Waals surface area contributed by atoms with Crippen molar-refractivity contribution in [3.63, 3.8) is 0 Å². The summed E-state index contributed by atoms with van der Waals surface area (Å²) in [6.07, 6.45) is 0. The zero-order valence-electron chi connectivity index (χ0n) is 15.6. The summed E-state index contributed by atoms with van der Waals surface area (Å²) in [6.45, 7) is 18.9. The van der Waals surface area contributed by atoms with Gasteiger partial charge in [0.15, 0.2) is 0 Å². The molecule has 0 spiro atoms. The molecular formula is C21H30O. The highest BCUT2D eigenvalue weighted by Crippen LogP contribution is 2.26. The monoisotopic (exact) mass is 298 g/mol. The molecule has 0 heterocycles. The van der Waals surface area contributed by atoms with Gasteiger partial charge < -0.3 is 5.11 Å². The fourth-order valence-corrected chi connectivity index (χ4v) is 2.68. The summed E-state index contributed by atoms with van der Waals surface area (Å²) < 4.78 is 0. The number of phenolic OH excluding ortho intramolecular Hbond substituents is 1. The molecule has 0 aliphatic heterocycles. The Morgan fingerprint density at radius 2 is 0.773 bits per heavy atom. The fourth-order valence-electron chi connectivity index (χ4n) is 2.68. The van der Waals surface area contributed by atoms with Crippen LogP contribution in [-0.4, -0.2) is 5.11 Å². The van der Waals surface area contributed by atoms with Crippen molar-refractivity contribution in [2.75, 3.05) is 0 Å². The quantitative estimate of drug-likeness (QED) is 0.646. The number of aryl methyl sites for hydroxylation is 4. The number of hydrogen-bond acceptors (Lipinski definition) is 1. The van der Waals surface area contributed by atoms with Gasteiger partial charge in [0.05, 0.1) is 0 Å². The number of rotatable bonds is 0. The standard InChI is InChI=1S/C11H16.C10H14O/c1-7-6-8(2)10(4)11(5)9(7)3;1-6-5-7(2)10(11)9(4)8(6)3/h6H,1-5H3;5,11H,1-4H3. The third kappa shape index (κ3) is 3.71. The van der Waals surface area contributed by atoms with Gasteiger partial charge >= 0.3 is 0 Å². The SMILES string of the molecule is Cc1cc(C)c(C)c(C)c1C.Cc1cc(C)c(O)c(C)c1C. The highest BCUT2D eigenvalue weighted by molar-refractivity contribution is 5.47. The molecule has 1 heteroatoms. The molecule has 22 heavy (non-hydrogen) atoms. The summed E-state index contributed by atoms with van der Waals surface area (Å²) in [5.41, 5.74) is 11.5. The average molecular weight is 298 g/mol. The molecule has 0 aromatic heterocycles. The lowest BCUT2D eigenvalue weighted by Gasteiger charge is -2.10. The number of phenols is 1. The maximum absolute atomic E-state index is 9.51. The van der Waals surface area contributed by atoms with Crippen LogP contribution < -0.4 is 0 Å². The topological polar surface area (TPSA) is 20.2 Å². The molecule has 0 bridgehead atoms. The maximum atomic E-state index is 9.51.